The van der Waals surface area contributed by atoms with E-state index >= 15 is 0 Å². The van der Waals surface area contributed by atoms with Crippen LogP contribution in [0.4, 0.5) is 5.69 Å². The monoisotopic (exact) mass is 584 g/mol. The third-order valence-electron chi connectivity index (χ3n) is 6.54. The standard InChI is InChI=1S/C31H25ClN4O4S/c32-27-12-5-4-10-24(27)19-33-29(37)23-13-14-26-28(18-23)34-31(41-20-22-9-6-11-25(17-22)36(39)40)35(30(26)38)16-15-21-7-2-1-3-8-21/h1-14,17-18H,15-16,19-20H2,(H,33,37). The Labute approximate surface area is 245 Å². The zero-order valence-electron chi connectivity index (χ0n) is 21.8. The van der Waals surface area contributed by atoms with Crippen LogP contribution in [0.1, 0.15) is 27.0 Å². The average molecular weight is 585 g/mol. The van der Waals surface area contributed by atoms with Gasteiger partial charge in [-0.2, -0.15) is 0 Å². The smallest absolute Gasteiger partial charge is 0.269 e. The number of amides is 1. The molecule has 0 aliphatic heterocycles. The predicted octanol–water partition coefficient (Wildman–Crippen LogP) is 6.42. The van der Waals surface area contributed by atoms with E-state index in [-0.39, 0.29) is 23.7 Å². The van der Waals surface area contributed by atoms with Gasteiger partial charge in [0.15, 0.2) is 5.16 Å². The molecule has 0 unspecified atom stereocenters. The molecule has 0 fully saturated rings. The van der Waals surface area contributed by atoms with Crippen molar-refractivity contribution in [3.63, 3.8) is 0 Å². The first-order valence-corrected chi connectivity index (χ1v) is 14.2. The van der Waals surface area contributed by atoms with E-state index in [9.17, 15) is 19.7 Å². The number of aryl methyl sites for hydroxylation is 1. The number of aromatic nitrogens is 2. The molecule has 206 valence electrons. The van der Waals surface area contributed by atoms with Crippen LogP contribution in [0.5, 0.6) is 0 Å². The maximum Gasteiger partial charge on any atom is 0.269 e. The minimum Gasteiger partial charge on any atom is -0.348 e. The van der Waals surface area contributed by atoms with Crippen molar-refractivity contribution in [2.24, 2.45) is 0 Å². The van der Waals surface area contributed by atoms with E-state index in [1.165, 1.54) is 23.9 Å². The Kier molecular flexibility index (Phi) is 8.76. The van der Waals surface area contributed by atoms with Crippen LogP contribution in [-0.2, 0) is 25.3 Å². The predicted molar refractivity (Wildman–Crippen MR) is 161 cm³/mol. The Bertz CT molecular complexity index is 1790. The van der Waals surface area contributed by atoms with Gasteiger partial charge in [0.1, 0.15) is 0 Å². The molecule has 1 amide bonds. The first-order chi connectivity index (χ1) is 19.9. The van der Waals surface area contributed by atoms with Crippen LogP contribution in [0.3, 0.4) is 0 Å². The van der Waals surface area contributed by atoms with Crippen LogP contribution in [0.2, 0.25) is 5.02 Å². The van der Waals surface area contributed by atoms with Gasteiger partial charge in [0, 0.05) is 41.6 Å². The fourth-order valence-corrected chi connectivity index (χ4v) is 5.53. The number of nitrogens with zero attached hydrogens (tertiary/aromatic N) is 3. The van der Waals surface area contributed by atoms with Crippen molar-refractivity contribution >= 4 is 45.9 Å². The molecule has 1 aromatic heterocycles. The molecule has 0 aliphatic carbocycles. The van der Waals surface area contributed by atoms with E-state index in [2.05, 4.69) is 5.32 Å². The lowest BCUT2D eigenvalue weighted by molar-refractivity contribution is -0.384. The molecule has 1 N–H and O–H groups in total. The maximum absolute atomic E-state index is 13.7. The molecule has 0 aliphatic rings. The highest BCUT2D eigenvalue weighted by atomic mass is 35.5. The summed E-state index contributed by atoms with van der Waals surface area (Å²) in [6.07, 6.45) is 0.626. The summed E-state index contributed by atoms with van der Waals surface area (Å²) >= 11 is 7.53. The minimum absolute atomic E-state index is 0.00323. The van der Waals surface area contributed by atoms with Gasteiger partial charge in [-0.1, -0.05) is 84.0 Å². The van der Waals surface area contributed by atoms with Crippen LogP contribution in [0.15, 0.2) is 107 Å². The summed E-state index contributed by atoms with van der Waals surface area (Å²) in [6, 6.07) is 28.4. The Morgan fingerprint density at radius 3 is 2.49 bits per heavy atom. The molecular formula is C31H25ClN4O4S. The Morgan fingerprint density at radius 1 is 0.951 bits per heavy atom. The molecule has 4 aromatic carbocycles. The van der Waals surface area contributed by atoms with Gasteiger partial charge < -0.3 is 5.32 Å². The van der Waals surface area contributed by atoms with Crippen molar-refractivity contribution in [3.8, 4) is 0 Å². The zero-order chi connectivity index (χ0) is 28.8. The lowest BCUT2D eigenvalue weighted by atomic mass is 10.1. The second-order valence-electron chi connectivity index (χ2n) is 9.31. The van der Waals surface area contributed by atoms with Crippen LogP contribution < -0.4 is 10.9 Å². The molecule has 1 heterocycles. The Morgan fingerprint density at radius 2 is 1.71 bits per heavy atom. The third kappa shape index (κ3) is 6.82. The highest BCUT2D eigenvalue weighted by molar-refractivity contribution is 7.98. The quantitative estimate of drug-likeness (QED) is 0.0878. The first kappa shape index (κ1) is 28.1. The fraction of sp³-hybridized carbons (Fsp3) is 0.129. The number of thioether (sulfide) groups is 1. The number of hydrogen-bond donors (Lipinski definition) is 1. The van der Waals surface area contributed by atoms with E-state index < -0.39 is 4.92 Å². The summed E-state index contributed by atoms with van der Waals surface area (Å²) in [7, 11) is 0. The molecule has 0 saturated carbocycles. The molecule has 0 radical (unpaired) electrons. The number of nitro benzene ring substituents is 1. The van der Waals surface area contributed by atoms with Crippen LogP contribution >= 0.6 is 23.4 Å². The van der Waals surface area contributed by atoms with E-state index in [4.69, 9.17) is 16.6 Å². The molecule has 8 nitrogen and oxygen atoms in total. The number of halogens is 1. The molecule has 41 heavy (non-hydrogen) atoms. The third-order valence-corrected chi connectivity index (χ3v) is 7.95. The minimum atomic E-state index is -0.434. The van der Waals surface area contributed by atoms with Crippen LogP contribution in [0, 0.1) is 10.1 Å². The summed E-state index contributed by atoms with van der Waals surface area (Å²) in [4.78, 5) is 42.2. The number of fused-ring (bicyclic) bond motifs is 1. The van der Waals surface area contributed by atoms with Gasteiger partial charge in [-0.25, -0.2) is 4.98 Å². The van der Waals surface area contributed by atoms with Gasteiger partial charge >= 0.3 is 0 Å². The van der Waals surface area contributed by atoms with E-state index in [0.29, 0.717) is 45.4 Å². The number of hydrogen-bond acceptors (Lipinski definition) is 6. The molecule has 5 aromatic rings. The number of nitrogens with one attached hydrogen (secondary N) is 1. The summed E-state index contributed by atoms with van der Waals surface area (Å²) < 4.78 is 1.63. The highest BCUT2D eigenvalue weighted by Crippen LogP contribution is 2.25. The fourth-order valence-electron chi connectivity index (χ4n) is 4.36. The van der Waals surface area contributed by atoms with E-state index in [1.807, 2.05) is 48.5 Å². The van der Waals surface area contributed by atoms with Gasteiger partial charge in [0.25, 0.3) is 17.2 Å². The van der Waals surface area contributed by atoms with E-state index in [1.54, 1.807) is 41.0 Å². The second kappa shape index (κ2) is 12.8. The maximum atomic E-state index is 13.7. The van der Waals surface area contributed by atoms with Gasteiger partial charge in [0.05, 0.1) is 15.8 Å². The van der Waals surface area contributed by atoms with Crippen molar-refractivity contribution in [1.82, 2.24) is 14.9 Å². The number of carbonyl (C=O) groups is 1. The molecule has 0 saturated heterocycles. The summed E-state index contributed by atoms with van der Waals surface area (Å²) in [5.74, 6) is 0.0656. The summed E-state index contributed by atoms with van der Waals surface area (Å²) in [5, 5.41) is 15.5. The molecule has 0 spiro atoms. The SMILES string of the molecule is O=C(NCc1ccccc1Cl)c1ccc2c(=O)n(CCc3ccccc3)c(SCc3cccc([N+](=O)[O-])c3)nc2c1. The first-order valence-electron chi connectivity index (χ1n) is 12.9. The lowest BCUT2D eigenvalue weighted by Gasteiger charge is -2.14. The second-order valence-corrected chi connectivity index (χ2v) is 10.7. The van der Waals surface area contributed by atoms with Gasteiger partial charge in [0.2, 0.25) is 0 Å². The van der Waals surface area contributed by atoms with Crippen LogP contribution in [-0.4, -0.2) is 20.4 Å². The molecule has 0 bridgehead atoms. The topological polar surface area (TPSA) is 107 Å². The molecule has 10 heteroatoms. The lowest BCUT2D eigenvalue weighted by Crippen LogP contribution is -2.25. The van der Waals surface area contributed by atoms with Crippen molar-refractivity contribution in [2.75, 3.05) is 0 Å². The number of nitro groups is 1. The Balaban J connectivity index is 1.45. The zero-order valence-corrected chi connectivity index (χ0v) is 23.4. The normalized spacial score (nSPS) is 11.0. The van der Waals surface area contributed by atoms with Crippen molar-refractivity contribution < 1.29 is 9.72 Å². The highest BCUT2D eigenvalue weighted by Gasteiger charge is 2.16. The van der Waals surface area contributed by atoms with Crippen molar-refractivity contribution in [1.29, 1.82) is 0 Å². The molecule has 5 rings (SSSR count). The largest absolute Gasteiger partial charge is 0.348 e. The van der Waals surface area contributed by atoms with Gasteiger partial charge in [-0.3, -0.25) is 24.3 Å². The number of benzene rings is 4. The van der Waals surface area contributed by atoms with Crippen molar-refractivity contribution in [3.05, 3.63) is 145 Å². The Hall–Kier alpha value is -4.47. The van der Waals surface area contributed by atoms with Gasteiger partial charge in [-0.15, -0.1) is 0 Å². The van der Waals surface area contributed by atoms with Crippen molar-refractivity contribution in [2.45, 2.75) is 30.4 Å². The molecular weight excluding hydrogens is 560 g/mol. The number of non-ortho nitro benzene ring substituents is 1. The number of rotatable bonds is 10. The summed E-state index contributed by atoms with van der Waals surface area (Å²) in [5.41, 5.74) is 3.17. The number of carbonyl (C=O) groups excluding carboxylic acids is 1. The summed E-state index contributed by atoms with van der Waals surface area (Å²) in [6.45, 7) is 0.665. The molecule has 0 atom stereocenters. The van der Waals surface area contributed by atoms with Crippen LogP contribution in [0.25, 0.3) is 10.9 Å². The van der Waals surface area contributed by atoms with E-state index in [0.717, 1.165) is 16.7 Å². The van der Waals surface area contributed by atoms with Gasteiger partial charge in [-0.05, 0) is 47.4 Å². The average Bonchev–Trinajstić information content (AvgIpc) is 2.99.